The molecule has 8 unspecified atom stereocenters. The topological polar surface area (TPSA) is 9.23 Å². The lowest BCUT2D eigenvalue weighted by Gasteiger charge is -2.70. The molecule has 1 nitrogen and oxygen atoms in total. The molecule has 8 atom stereocenters. The Morgan fingerprint density at radius 1 is 0.327 bits per heavy atom. The smallest absolute Gasteiger partial charge is 0.111 e. The predicted molar refractivity (Wildman–Crippen MR) is 238 cm³/mol. The Balaban J connectivity index is 1.41. The van der Waals surface area contributed by atoms with Gasteiger partial charge in [0.2, 0.25) is 0 Å². The van der Waals surface area contributed by atoms with E-state index in [2.05, 4.69) is 24.3 Å². The summed E-state index contributed by atoms with van der Waals surface area (Å²) in [6, 6.07) is 0. The monoisotopic (exact) mass is 874 g/mol. The van der Waals surface area contributed by atoms with Crippen LogP contribution in [0.15, 0.2) is 24.3 Å². The summed E-state index contributed by atoms with van der Waals surface area (Å²) >= 11 is 50.9. The van der Waals surface area contributed by atoms with Crippen molar-refractivity contribution in [3.8, 4) is 0 Å². The normalized spacial score (nSPS) is 45.6. The second-order valence-corrected chi connectivity index (χ2v) is 23.6. The summed E-state index contributed by atoms with van der Waals surface area (Å²) in [5.74, 6) is 1.30. The molecule has 0 radical (unpaired) electrons. The Morgan fingerprint density at radius 3 is 0.836 bits per heavy atom. The summed E-state index contributed by atoms with van der Waals surface area (Å²) in [5, 5.41) is -0.740. The maximum absolute atomic E-state index is 9.07. The fourth-order valence-electron chi connectivity index (χ4n) is 14.9. The van der Waals surface area contributed by atoms with Crippen LogP contribution in [0, 0.1) is 35.5 Å². The highest BCUT2D eigenvalue weighted by Crippen LogP contribution is 2.71. The predicted octanol–water partition coefficient (Wildman–Crippen LogP) is 16.2. The van der Waals surface area contributed by atoms with Gasteiger partial charge in [-0.2, -0.15) is 0 Å². The molecule has 8 aliphatic carbocycles. The average molecular weight is 878 g/mol. The van der Waals surface area contributed by atoms with E-state index in [9.17, 15) is 0 Å². The molecule has 0 amide bonds. The lowest BCUT2D eigenvalue weighted by molar-refractivity contribution is -0.232. The number of halogens is 6. The molecule has 312 valence electrons. The number of hydrogen-bond donors (Lipinski definition) is 0. The van der Waals surface area contributed by atoms with Crippen LogP contribution in [0.3, 0.4) is 0 Å². The van der Waals surface area contributed by atoms with Gasteiger partial charge in [-0.05, 0) is 113 Å². The third-order valence-corrected chi connectivity index (χ3v) is 22.5. The maximum Gasteiger partial charge on any atom is 0.111 e. The third-order valence-electron chi connectivity index (χ3n) is 17.6. The van der Waals surface area contributed by atoms with E-state index in [1.165, 1.54) is 116 Å². The highest BCUT2D eigenvalue weighted by atomic mass is 35.5. The van der Waals surface area contributed by atoms with Crippen molar-refractivity contribution in [3.63, 3.8) is 0 Å². The Hall–Kier alpha value is 1.18. The minimum Gasteiger partial charge on any atom is -0.356 e. The van der Waals surface area contributed by atoms with Gasteiger partial charge in [-0.1, -0.05) is 140 Å². The first kappa shape index (κ1) is 42.9. The zero-order chi connectivity index (χ0) is 38.4. The quantitative estimate of drug-likeness (QED) is 0.174. The van der Waals surface area contributed by atoms with E-state index >= 15 is 0 Å². The van der Waals surface area contributed by atoms with E-state index in [1.807, 2.05) is 0 Å². The van der Waals surface area contributed by atoms with Gasteiger partial charge < -0.3 is 4.74 Å². The molecule has 6 fully saturated rings. The molecule has 0 bridgehead atoms. The molecular weight excluding hydrogens is 805 g/mol. The third kappa shape index (κ3) is 6.83. The van der Waals surface area contributed by atoms with Crippen LogP contribution in [0.25, 0.3) is 0 Å². The van der Waals surface area contributed by atoms with Gasteiger partial charge >= 0.3 is 0 Å². The first-order chi connectivity index (χ1) is 26.6. The van der Waals surface area contributed by atoms with Crippen LogP contribution >= 0.6 is 69.6 Å². The van der Waals surface area contributed by atoms with Crippen molar-refractivity contribution in [3.05, 3.63) is 24.3 Å². The van der Waals surface area contributed by atoms with E-state index in [0.717, 1.165) is 77.0 Å². The van der Waals surface area contributed by atoms with Crippen LogP contribution < -0.4 is 0 Å². The number of rotatable bonds is 8. The van der Waals surface area contributed by atoms with E-state index in [4.69, 9.17) is 74.3 Å². The SMILES string of the molecule is ClC1C=CC(OC2(C3CCCCC3)C=CC(Cl)C(Cl)(C3CCCCC3)C2(Cl)C2CCCCC2)(C2CCCCC2)C(Cl)(C2CCCCC2)C1(Cl)C1CCCCC1. The van der Waals surface area contributed by atoms with Crippen molar-refractivity contribution in [2.75, 3.05) is 0 Å². The standard InChI is InChI=1S/C48H72Cl6O/c49-41-31-33-43(35-19-7-1-8-20-35,47(53,39-27-15-5-16-28-39)45(41,51)37-23-11-3-12-24-37)55-44(36-21-9-2-10-22-36)34-32-42(50)46(52,38-25-13-4-14-26-38)48(44,54)40-29-17-6-18-30-40/h31-42H,1-30H2. The molecule has 0 heterocycles. The summed E-state index contributed by atoms with van der Waals surface area (Å²) in [4.78, 5) is -3.53. The van der Waals surface area contributed by atoms with Gasteiger partial charge in [0.1, 0.15) is 21.0 Å². The number of allylic oxidation sites excluding steroid dienone is 2. The molecule has 0 aromatic heterocycles. The first-order valence-corrected chi connectivity index (χ1v) is 26.1. The summed E-state index contributed by atoms with van der Waals surface area (Å²) in [5.41, 5.74) is -1.72. The van der Waals surface area contributed by atoms with E-state index in [1.54, 1.807) is 0 Å². The van der Waals surface area contributed by atoms with Gasteiger partial charge in [0.25, 0.3) is 0 Å². The summed E-state index contributed by atoms with van der Waals surface area (Å²) < 4.78 is 8.87. The fraction of sp³-hybridized carbons (Fsp3) is 0.917. The van der Waals surface area contributed by atoms with E-state index in [-0.39, 0.29) is 46.3 Å². The molecule has 0 N–H and O–H groups in total. The van der Waals surface area contributed by atoms with Crippen molar-refractivity contribution in [2.24, 2.45) is 35.5 Å². The zero-order valence-corrected chi connectivity index (χ0v) is 38.4. The van der Waals surface area contributed by atoms with Crippen LogP contribution in [0.5, 0.6) is 0 Å². The van der Waals surface area contributed by atoms with E-state index < -0.39 is 30.7 Å². The van der Waals surface area contributed by atoms with E-state index in [0.29, 0.717) is 0 Å². The molecule has 6 saturated carbocycles. The van der Waals surface area contributed by atoms with Crippen LogP contribution in [-0.4, -0.2) is 41.5 Å². The molecule has 55 heavy (non-hydrogen) atoms. The minimum absolute atomic E-state index is 0.200. The van der Waals surface area contributed by atoms with Crippen LogP contribution in [0.2, 0.25) is 0 Å². The number of alkyl halides is 6. The lowest BCUT2D eigenvalue weighted by Crippen LogP contribution is -2.81. The molecule has 8 rings (SSSR count). The number of hydrogen-bond acceptors (Lipinski definition) is 1. The fourth-order valence-corrected chi connectivity index (χ4v) is 18.6. The Kier molecular flexibility index (Phi) is 13.6. The minimum atomic E-state index is -0.912. The van der Waals surface area contributed by atoms with Gasteiger partial charge in [0.15, 0.2) is 0 Å². The lowest BCUT2D eigenvalue weighted by atomic mass is 9.50. The number of ether oxygens (including phenoxy) is 1. The molecule has 8 aliphatic rings. The van der Waals surface area contributed by atoms with Crippen molar-refractivity contribution in [1.82, 2.24) is 0 Å². The molecule has 0 aliphatic heterocycles. The average Bonchev–Trinajstić information content (AvgIpc) is 3.26. The molecule has 0 spiro atoms. The Labute approximate surface area is 365 Å². The summed E-state index contributed by atoms with van der Waals surface area (Å²) in [7, 11) is 0. The van der Waals surface area contributed by atoms with Gasteiger partial charge in [-0.25, -0.2) is 0 Å². The molecule has 0 saturated heterocycles. The molecule has 0 aromatic rings. The van der Waals surface area contributed by atoms with Crippen molar-refractivity contribution in [2.45, 2.75) is 234 Å². The highest BCUT2D eigenvalue weighted by molar-refractivity contribution is 6.42. The summed E-state index contributed by atoms with van der Waals surface area (Å²) in [6.45, 7) is 0. The van der Waals surface area contributed by atoms with Crippen LogP contribution in [0.4, 0.5) is 0 Å². The largest absolute Gasteiger partial charge is 0.356 e. The summed E-state index contributed by atoms with van der Waals surface area (Å²) in [6.07, 6.45) is 44.2. The van der Waals surface area contributed by atoms with Crippen molar-refractivity contribution in [1.29, 1.82) is 0 Å². The highest BCUT2D eigenvalue weighted by Gasteiger charge is 2.78. The second kappa shape index (κ2) is 17.5. The van der Waals surface area contributed by atoms with Crippen LogP contribution in [0.1, 0.15) is 193 Å². The Morgan fingerprint density at radius 2 is 0.564 bits per heavy atom. The molecular formula is C48H72Cl6O. The van der Waals surface area contributed by atoms with Crippen LogP contribution in [-0.2, 0) is 4.74 Å². The second-order valence-electron chi connectivity index (χ2n) is 20.2. The molecule has 0 aromatic carbocycles. The van der Waals surface area contributed by atoms with Gasteiger partial charge in [-0.15, -0.1) is 69.6 Å². The van der Waals surface area contributed by atoms with Crippen molar-refractivity contribution < 1.29 is 4.74 Å². The van der Waals surface area contributed by atoms with Gasteiger partial charge in [-0.3, -0.25) is 0 Å². The van der Waals surface area contributed by atoms with Gasteiger partial charge in [0.05, 0.1) is 20.5 Å². The van der Waals surface area contributed by atoms with Crippen molar-refractivity contribution >= 4 is 69.6 Å². The first-order valence-electron chi connectivity index (χ1n) is 23.7. The Bertz CT molecular complexity index is 1240. The maximum atomic E-state index is 9.07. The zero-order valence-electron chi connectivity index (χ0n) is 33.8. The van der Waals surface area contributed by atoms with Gasteiger partial charge in [0, 0.05) is 0 Å². The molecule has 7 heteroatoms.